The van der Waals surface area contributed by atoms with Crippen molar-refractivity contribution in [1.29, 1.82) is 0 Å². The zero-order valence-corrected chi connectivity index (χ0v) is 12.4. The van der Waals surface area contributed by atoms with Crippen molar-refractivity contribution in [3.8, 4) is 0 Å². The van der Waals surface area contributed by atoms with E-state index in [-0.39, 0.29) is 0 Å². The van der Waals surface area contributed by atoms with Gasteiger partial charge in [0.15, 0.2) is 0 Å². The molecule has 0 atom stereocenters. The van der Waals surface area contributed by atoms with Crippen molar-refractivity contribution >= 4 is 21.6 Å². The summed E-state index contributed by atoms with van der Waals surface area (Å²) >= 11 is 3.51. The predicted octanol–water partition coefficient (Wildman–Crippen LogP) is 4.65. The summed E-state index contributed by atoms with van der Waals surface area (Å²) in [4.78, 5) is 2.27. The summed E-state index contributed by atoms with van der Waals surface area (Å²) in [7, 11) is 2.13. The zero-order valence-electron chi connectivity index (χ0n) is 10.9. The number of hydrogen-bond donors (Lipinski definition) is 0. The minimum Gasteiger partial charge on any atom is -0.370 e. The van der Waals surface area contributed by atoms with Gasteiger partial charge in [0.05, 0.1) is 0 Å². The van der Waals surface area contributed by atoms with Gasteiger partial charge in [-0.1, -0.05) is 47.1 Å². The molecule has 2 rings (SSSR count). The predicted molar refractivity (Wildman–Crippen MR) is 82.1 cm³/mol. The van der Waals surface area contributed by atoms with E-state index in [0.29, 0.717) is 0 Å². The van der Waals surface area contributed by atoms with Crippen molar-refractivity contribution in [3.05, 3.63) is 64.1 Å². The van der Waals surface area contributed by atoms with Gasteiger partial charge < -0.3 is 4.90 Å². The van der Waals surface area contributed by atoms with Crippen LogP contribution in [-0.4, -0.2) is 7.05 Å². The van der Waals surface area contributed by atoms with Crippen molar-refractivity contribution < 1.29 is 0 Å². The van der Waals surface area contributed by atoms with E-state index in [9.17, 15) is 0 Å². The topological polar surface area (TPSA) is 3.24 Å². The Labute approximate surface area is 118 Å². The molecule has 0 radical (unpaired) electrons. The Kier molecular flexibility index (Phi) is 4.43. The van der Waals surface area contributed by atoms with Gasteiger partial charge in [-0.15, -0.1) is 0 Å². The van der Waals surface area contributed by atoms with Gasteiger partial charge in [0, 0.05) is 23.8 Å². The summed E-state index contributed by atoms with van der Waals surface area (Å²) < 4.78 is 1.13. The minimum absolute atomic E-state index is 0.922. The molecule has 2 aromatic rings. The van der Waals surface area contributed by atoms with Crippen LogP contribution < -0.4 is 4.90 Å². The maximum absolute atomic E-state index is 3.51. The number of aryl methyl sites for hydroxylation is 1. The summed E-state index contributed by atoms with van der Waals surface area (Å²) in [6.45, 7) is 3.10. The molecule has 1 nitrogen and oxygen atoms in total. The molecule has 0 aliphatic carbocycles. The number of anilines is 1. The van der Waals surface area contributed by atoms with E-state index in [1.54, 1.807) is 0 Å². The molecule has 94 valence electrons. The quantitative estimate of drug-likeness (QED) is 0.795. The first kappa shape index (κ1) is 13.2. The van der Waals surface area contributed by atoms with Gasteiger partial charge in [-0.2, -0.15) is 0 Å². The second-order valence-corrected chi connectivity index (χ2v) is 5.42. The van der Waals surface area contributed by atoms with E-state index in [1.807, 2.05) is 0 Å². The standard InChI is InChI=1S/C16H18BrN/c1-3-13-7-9-16(10-8-13)18(2)12-14-5-4-6-15(17)11-14/h4-11H,3,12H2,1-2H3. The van der Waals surface area contributed by atoms with Gasteiger partial charge in [-0.05, 0) is 41.8 Å². The summed E-state index contributed by atoms with van der Waals surface area (Å²) in [5, 5.41) is 0. The Morgan fingerprint density at radius 1 is 1.00 bits per heavy atom. The van der Waals surface area contributed by atoms with E-state index in [4.69, 9.17) is 0 Å². The van der Waals surface area contributed by atoms with Crippen molar-refractivity contribution in [1.82, 2.24) is 0 Å². The molecular weight excluding hydrogens is 286 g/mol. The van der Waals surface area contributed by atoms with Crippen LogP contribution in [0, 0.1) is 0 Å². The number of rotatable bonds is 4. The lowest BCUT2D eigenvalue weighted by Crippen LogP contribution is -2.16. The highest BCUT2D eigenvalue weighted by Gasteiger charge is 2.02. The van der Waals surface area contributed by atoms with Crippen molar-refractivity contribution in [3.63, 3.8) is 0 Å². The lowest BCUT2D eigenvalue weighted by Gasteiger charge is -2.19. The molecule has 2 aromatic carbocycles. The maximum Gasteiger partial charge on any atom is 0.0426 e. The molecule has 0 unspecified atom stereocenters. The Balaban J connectivity index is 2.09. The Hall–Kier alpha value is -1.28. The number of hydrogen-bond acceptors (Lipinski definition) is 1. The lowest BCUT2D eigenvalue weighted by molar-refractivity contribution is 0.921. The Bertz CT molecular complexity index is 505. The smallest absolute Gasteiger partial charge is 0.0426 e. The van der Waals surface area contributed by atoms with E-state index >= 15 is 0 Å². The Morgan fingerprint density at radius 3 is 2.33 bits per heavy atom. The normalized spacial score (nSPS) is 10.4. The number of halogens is 1. The molecule has 0 aliphatic heterocycles. The summed E-state index contributed by atoms with van der Waals surface area (Å²) in [5.74, 6) is 0. The van der Waals surface area contributed by atoms with Crippen LogP contribution in [0.2, 0.25) is 0 Å². The second-order valence-electron chi connectivity index (χ2n) is 4.51. The summed E-state index contributed by atoms with van der Waals surface area (Å²) in [6, 6.07) is 17.2. The monoisotopic (exact) mass is 303 g/mol. The molecule has 18 heavy (non-hydrogen) atoms. The molecule has 2 heteroatoms. The third kappa shape index (κ3) is 3.36. The first-order valence-electron chi connectivity index (χ1n) is 6.23. The molecule has 0 heterocycles. The van der Waals surface area contributed by atoms with Crippen LogP contribution in [0.4, 0.5) is 5.69 Å². The lowest BCUT2D eigenvalue weighted by atomic mass is 10.1. The molecular formula is C16H18BrN. The Morgan fingerprint density at radius 2 is 1.72 bits per heavy atom. The number of benzene rings is 2. The van der Waals surface area contributed by atoms with Crippen molar-refractivity contribution in [2.24, 2.45) is 0 Å². The zero-order chi connectivity index (χ0) is 13.0. The molecule has 0 spiro atoms. The van der Waals surface area contributed by atoms with Crippen LogP contribution in [0.3, 0.4) is 0 Å². The highest BCUT2D eigenvalue weighted by molar-refractivity contribution is 9.10. The second kappa shape index (κ2) is 6.05. The van der Waals surface area contributed by atoms with Gasteiger partial charge in [-0.3, -0.25) is 0 Å². The SMILES string of the molecule is CCc1ccc(N(C)Cc2cccc(Br)c2)cc1. The highest BCUT2D eigenvalue weighted by atomic mass is 79.9. The first-order chi connectivity index (χ1) is 8.69. The summed E-state index contributed by atoms with van der Waals surface area (Å²) in [6.07, 6.45) is 1.09. The van der Waals surface area contributed by atoms with Crippen LogP contribution in [-0.2, 0) is 13.0 Å². The van der Waals surface area contributed by atoms with Crippen molar-refractivity contribution in [2.45, 2.75) is 19.9 Å². The van der Waals surface area contributed by atoms with Crippen LogP contribution in [0.15, 0.2) is 53.0 Å². The van der Waals surface area contributed by atoms with Gasteiger partial charge in [0.1, 0.15) is 0 Å². The first-order valence-corrected chi connectivity index (χ1v) is 7.03. The fourth-order valence-corrected chi connectivity index (χ4v) is 2.43. The molecule has 0 amide bonds. The molecule has 0 aliphatic rings. The molecule has 0 saturated carbocycles. The van der Waals surface area contributed by atoms with E-state index in [1.165, 1.54) is 16.8 Å². The molecule has 0 N–H and O–H groups in total. The molecule has 0 fully saturated rings. The number of nitrogens with zero attached hydrogens (tertiary/aromatic N) is 1. The average Bonchev–Trinajstić information content (AvgIpc) is 2.39. The fraction of sp³-hybridized carbons (Fsp3) is 0.250. The third-order valence-corrected chi connectivity index (χ3v) is 3.59. The van der Waals surface area contributed by atoms with Crippen molar-refractivity contribution in [2.75, 3.05) is 11.9 Å². The van der Waals surface area contributed by atoms with E-state index in [2.05, 4.69) is 83.3 Å². The van der Waals surface area contributed by atoms with Crippen LogP contribution in [0.25, 0.3) is 0 Å². The van der Waals surface area contributed by atoms with Gasteiger partial charge in [0.25, 0.3) is 0 Å². The van der Waals surface area contributed by atoms with E-state index in [0.717, 1.165) is 17.4 Å². The largest absolute Gasteiger partial charge is 0.370 e. The molecule has 0 bridgehead atoms. The fourth-order valence-electron chi connectivity index (χ4n) is 1.99. The van der Waals surface area contributed by atoms with Crippen LogP contribution in [0.1, 0.15) is 18.1 Å². The average molecular weight is 304 g/mol. The maximum atomic E-state index is 3.51. The van der Waals surface area contributed by atoms with Gasteiger partial charge >= 0.3 is 0 Å². The van der Waals surface area contributed by atoms with E-state index < -0.39 is 0 Å². The molecule has 0 saturated heterocycles. The highest BCUT2D eigenvalue weighted by Crippen LogP contribution is 2.18. The minimum atomic E-state index is 0.922. The van der Waals surface area contributed by atoms with Crippen LogP contribution in [0.5, 0.6) is 0 Å². The van der Waals surface area contributed by atoms with Gasteiger partial charge in [-0.25, -0.2) is 0 Å². The van der Waals surface area contributed by atoms with Crippen LogP contribution >= 0.6 is 15.9 Å². The molecule has 0 aromatic heterocycles. The van der Waals surface area contributed by atoms with Gasteiger partial charge in [0.2, 0.25) is 0 Å². The third-order valence-electron chi connectivity index (χ3n) is 3.09. The summed E-state index contributed by atoms with van der Waals surface area (Å²) in [5.41, 5.74) is 3.95.